The van der Waals surface area contributed by atoms with Crippen LogP contribution in [0.4, 0.5) is 29.2 Å². The number of aromatic nitrogens is 3. The summed E-state index contributed by atoms with van der Waals surface area (Å²) in [7, 11) is 0. The van der Waals surface area contributed by atoms with E-state index in [-0.39, 0.29) is 41.2 Å². The maximum Gasteiger partial charge on any atom is 0.416 e. The van der Waals surface area contributed by atoms with Gasteiger partial charge in [-0.3, -0.25) is 4.79 Å². The van der Waals surface area contributed by atoms with Gasteiger partial charge in [-0.1, -0.05) is 6.07 Å². The van der Waals surface area contributed by atoms with Crippen molar-refractivity contribution in [1.82, 2.24) is 15.0 Å². The number of nitrogens with one attached hydrogen (secondary N) is 1. The third kappa shape index (κ3) is 4.80. The molecule has 0 saturated heterocycles. The molecule has 0 unspecified atom stereocenters. The molecule has 0 fully saturated rings. The van der Waals surface area contributed by atoms with Gasteiger partial charge in [0.25, 0.3) is 5.91 Å². The van der Waals surface area contributed by atoms with Crippen molar-refractivity contribution in [2.45, 2.75) is 13.1 Å². The van der Waals surface area contributed by atoms with Crippen LogP contribution in [-0.4, -0.2) is 27.5 Å². The summed E-state index contributed by atoms with van der Waals surface area (Å²) in [6.45, 7) is 1.90. The zero-order valence-electron chi connectivity index (χ0n) is 15.5. The van der Waals surface area contributed by atoms with Crippen molar-refractivity contribution in [1.29, 1.82) is 0 Å². The molecule has 0 atom stereocenters. The van der Waals surface area contributed by atoms with Gasteiger partial charge in [0.1, 0.15) is 5.82 Å². The van der Waals surface area contributed by atoms with Gasteiger partial charge in [-0.05, 0) is 43.3 Å². The molecular weight excluding hydrogens is 406 g/mol. The minimum absolute atomic E-state index is 0.00502. The Morgan fingerprint density at radius 1 is 1.13 bits per heavy atom. The Labute approximate surface area is 167 Å². The molecule has 0 radical (unpaired) electrons. The molecule has 1 heterocycles. The highest BCUT2D eigenvalue weighted by molar-refractivity contribution is 5.94. The Morgan fingerprint density at radius 2 is 1.90 bits per heavy atom. The van der Waals surface area contributed by atoms with E-state index >= 15 is 0 Å². The first-order chi connectivity index (χ1) is 14.2. The van der Waals surface area contributed by atoms with Gasteiger partial charge in [0.15, 0.2) is 5.82 Å². The van der Waals surface area contributed by atoms with Crippen LogP contribution >= 0.6 is 0 Å². The van der Waals surface area contributed by atoms with E-state index in [9.17, 15) is 22.4 Å². The Bertz CT molecular complexity index is 1090. The van der Waals surface area contributed by atoms with E-state index < -0.39 is 23.5 Å². The third-order valence-electron chi connectivity index (χ3n) is 3.82. The summed E-state index contributed by atoms with van der Waals surface area (Å²) in [4.78, 5) is 23.6. The highest BCUT2D eigenvalue weighted by atomic mass is 19.4. The number of carbonyl (C=O) groups excluding carboxylic acids is 1. The van der Waals surface area contributed by atoms with E-state index in [0.717, 1.165) is 24.3 Å². The molecular formula is C19H15F4N5O2. The smallest absolute Gasteiger partial charge is 0.416 e. The number of amides is 1. The predicted molar refractivity (Wildman–Crippen MR) is 99.6 cm³/mol. The Kier molecular flexibility index (Phi) is 5.81. The first-order valence-corrected chi connectivity index (χ1v) is 8.60. The molecule has 0 aliphatic heterocycles. The number of ether oxygens (including phenoxy) is 1. The lowest BCUT2D eigenvalue weighted by Crippen LogP contribution is -2.13. The SMILES string of the molecule is CCOc1nc(Nc2cccc(C(F)(F)F)c2)nc(-c2ccc(F)c(C(N)=O)c2)n1. The lowest BCUT2D eigenvalue weighted by atomic mass is 10.1. The molecule has 0 bridgehead atoms. The number of benzene rings is 2. The maximum atomic E-state index is 13.8. The molecule has 1 amide bonds. The van der Waals surface area contributed by atoms with Gasteiger partial charge in [-0.15, -0.1) is 0 Å². The van der Waals surface area contributed by atoms with Crippen molar-refractivity contribution >= 4 is 17.5 Å². The fourth-order valence-corrected chi connectivity index (χ4v) is 2.49. The average molecular weight is 421 g/mol. The minimum Gasteiger partial charge on any atom is -0.464 e. The van der Waals surface area contributed by atoms with Gasteiger partial charge in [-0.25, -0.2) is 4.39 Å². The highest BCUT2D eigenvalue weighted by Gasteiger charge is 2.30. The Morgan fingerprint density at radius 3 is 2.57 bits per heavy atom. The number of nitrogens with two attached hydrogens (primary N) is 1. The second-order valence-electron chi connectivity index (χ2n) is 5.96. The molecule has 0 spiro atoms. The van der Waals surface area contributed by atoms with Crippen LogP contribution in [0.3, 0.4) is 0 Å². The molecule has 0 saturated carbocycles. The summed E-state index contributed by atoms with van der Waals surface area (Å²) in [5, 5.41) is 2.67. The summed E-state index contributed by atoms with van der Waals surface area (Å²) >= 11 is 0. The molecule has 30 heavy (non-hydrogen) atoms. The molecule has 1 aromatic heterocycles. The molecule has 0 aliphatic rings. The summed E-state index contributed by atoms with van der Waals surface area (Å²) < 4.78 is 57.8. The van der Waals surface area contributed by atoms with Crippen LogP contribution in [-0.2, 0) is 6.18 Å². The molecule has 7 nitrogen and oxygen atoms in total. The first-order valence-electron chi connectivity index (χ1n) is 8.60. The number of alkyl halides is 3. The van der Waals surface area contributed by atoms with Crippen LogP contribution in [0.5, 0.6) is 6.01 Å². The number of hydrogen-bond donors (Lipinski definition) is 2. The van der Waals surface area contributed by atoms with Gasteiger partial charge in [0.2, 0.25) is 5.95 Å². The first kappa shape index (κ1) is 21.0. The van der Waals surface area contributed by atoms with E-state index in [0.29, 0.717) is 0 Å². The van der Waals surface area contributed by atoms with E-state index in [1.54, 1.807) is 6.92 Å². The fourth-order valence-electron chi connectivity index (χ4n) is 2.49. The van der Waals surface area contributed by atoms with Crippen molar-refractivity contribution in [3.8, 4) is 17.4 Å². The quantitative estimate of drug-likeness (QED) is 0.585. The number of hydrogen-bond acceptors (Lipinski definition) is 6. The van der Waals surface area contributed by atoms with Crippen LogP contribution in [0, 0.1) is 5.82 Å². The summed E-state index contributed by atoms with van der Waals surface area (Å²) in [5.74, 6) is -1.89. The number of halogens is 4. The molecule has 3 N–H and O–H groups in total. The molecule has 3 rings (SSSR count). The van der Waals surface area contributed by atoms with Crippen molar-refractivity contribution < 1.29 is 27.1 Å². The fraction of sp³-hybridized carbons (Fsp3) is 0.158. The topological polar surface area (TPSA) is 103 Å². The van der Waals surface area contributed by atoms with E-state index in [1.165, 1.54) is 18.2 Å². The molecule has 0 aliphatic carbocycles. The van der Waals surface area contributed by atoms with E-state index in [2.05, 4.69) is 20.3 Å². The summed E-state index contributed by atoms with van der Waals surface area (Å²) in [6.07, 6.45) is -4.52. The van der Waals surface area contributed by atoms with E-state index in [1.807, 2.05) is 0 Å². The predicted octanol–water partition coefficient (Wildman–Crippen LogP) is 3.94. The molecule has 156 valence electrons. The molecule has 3 aromatic rings. The lowest BCUT2D eigenvalue weighted by molar-refractivity contribution is -0.137. The van der Waals surface area contributed by atoms with Crippen LogP contribution in [0.1, 0.15) is 22.8 Å². The van der Waals surface area contributed by atoms with Gasteiger partial charge in [-0.2, -0.15) is 28.1 Å². The Balaban J connectivity index is 2.02. The molecule has 11 heteroatoms. The second kappa shape index (κ2) is 8.31. The van der Waals surface area contributed by atoms with Gasteiger partial charge in [0, 0.05) is 11.3 Å². The summed E-state index contributed by atoms with van der Waals surface area (Å²) in [5.41, 5.74) is 4.27. The number of nitrogens with zero attached hydrogens (tertiary/aromatic N) is 3. The van der Waals surface area contributed by atoms with Crippen LogP contribution < -0.4 is 15.8 Å². The third-order valence-corrected chi connectivity index (χ3v) is 3.82. The van der Waals surface area contributed by atoms with Crippen LogP contribution in [0.25, 0.3) is 11.4 Å². The zero-order chi connectivity index (χ0) is 21.9. The number of rotatable bonds is 6. The zero-order valence-corrected chi connectivity index (χ0v) is 15.5. The van der Waals surface area contributed by atoms with Gasteiger partial charge >= 0.3 is 12.2 Å². The minimum atomic E-state index is -4.52. The normalized spacial score (nSPS) is 11.2. The largest absolute Gasteiger partial charge is 0.464 e. The van der Waals surface area contributed by atoms with Gasteiger partial charge in [0.05, 0.1) is 17.7 Å². The van der Waals surface area contributed by atoms with Crippen LogP contribution in [0.15, 0.2) is 42.5 Å². The Hall–Kier alpha value is -3.76. The maximum absolute atomic E-state index is 13.8. The monoisotopic (exact) mass is 421 g/mol. The molecule has 2 aromatic carbocycles. The second-order valence-corrected chi connectivity index (χ2v) is 5.96. The van der Waals surface area contributed by atoms with E-state index in [4.69, 9.17) is 10.5 Å². The van der Waals surface area contributed by atoms with Crippen molar-refractivity contribution in [3.63, 3.8) is 0 Å². The number of primary amides is 1. The highest BCUT2D eigenvalue weighted by Crippen LogP contribution is 2.31. The average Bonchev–Trinajstić information content (AvgIpc) is 2.68. The van der Waals surface area contributed by atoms with Crippen molar-refractivity contribution in [2.75, 3.05) is 11.9 Å². The lowest BCUT2D eigenvalue weighted by Gasteiger charge is -2.11. The van der Waals surface area contributed by atoms with Crippen molar-refractivity contribution in [3.05, 3.63) is 59.4 Å². The standard InChI is InChI=1S/C19H15F4N5O2/c1-2-30-18-27-16(10-6-7-14(20)13(8-10)15(24)29)26-17(28-18)25-12-5-3-4-11(9-12)19(21,22)23/h3-9H,2H2,1H3,(H2,24,29)(H,25,26,27,28). The van der Waals surface area contributed by atoms with Crippen molar-refractivity contribution in [2.24, 2.45) is 5.73 Å². The van der Waals surface area contributed by atoms with Gasteiger partial charge < -0.3 is 15.8 Å². The van der Waals surface area contributed by atoms with Crippen LogP contribution in [0.2, 0.25) is 0 Å². The number of anilines is 2. The summed E-state index contributed by atoms with van der Waals surface area (Å²) in [6, 6.07) is 7.86. The number of carbonyl (C=O) groups is 1.